The average Bonchev–Trinajstić information content (AvgIpc) is 3.49. The summed E-state index contributed by atoms with van der Waals surface area (Å²) >= 11 is 0. The third-order valence-corrected chi connectivity index (χ3v) is 17.6. The average molecular weight is 716 g/mol. The van der Waals surface area contributed by atoms with Crippen molar-refractivity contribution in [2.75, 3.05) is 38.2 Å². The lowest BCUT2D eigenvalue weighted by atomic mass is 9.95. The first kappa shape index (κ1) is 36.9. The highest BCUT2D eigenvalue weighted by atomic mass is 28.3. The Morgan fingerprint density at radius 2 is 1.67 bits per heavy atom. The molecule has 6 rings (SSSR count). The summed E-state index contributed by atoms with van der Waals surface area (Å²) in [6.45, 7) is 17.3. The number of β-amino-alcohol motifs (C(OH)–C–C–N with tert-alkyl or cyclic N) is 1. The molecule has 2 N–H and O–H groups in total. The first-order chi connectivity index (χ1) is 24.2. The Labute approximate surface area is 301 Å². The van der Waals surface area contributed by atoms with E-state index in [1.54, 1.807) is 19.1 Å². The van der Waals surface area contributed by atoms with E-state index in [9.17, 15) is 10.2 Å². The highest BCUT2D eigenvalue weighted by Gasteiger charge is 2.42. The molecule has 0 spiro atoms. The van der Waals surface area contributed by atoms with Crippen molar-refractivity contribution in [1.82, 2.24) is 19.9 Å². The molecular weight excluding hydrogens is 665 g/mol. The molecule has 0 saturated carbocycles. The van der Waals surface area contributed by atoms with Gasteiger partial charge in [0, 0.05) is 30.1 Å². The monoisotopic (exact) mass is 715 g/mol. The quantitative estimate of drug-likeness (QED) is 0.140. The van der Waals surface area contributed by atoms with E-state index in [0.29, 0.717) is 70.4 Å². The van der Waals surface area contributed by atoms with Gasteiger partial charge in [0.2, 0.25) is 0 Å². The number of aliphatic hydroxyl groups is 1. The molecule has 2 saturated heterocycles. The van der Waals surface area contributed by atoms with E-state index in [1.165, 1.54) is 12.1 Å². The van der Waals surface area contributed by atoms with Gasteiger partial charge < -0.3 is 24.7 Å². The van der Waals surface area contributed by atoms with Crippen molar-refractivity contribution >= 4 is 35.6 Å². The number of ether oxygens (including phenoxy) is 1. The van der Waals surface area contributed by atoms with Gasteiger partial charge in [-0.25, -0.2) is 13.8 Å². The largest absolute Gasteiger partial charge is 0.508 e. The summed E-state index contributed by atoms with van der Waals surface area (Å²) in [4.78, 5) is 18.4. The van der Waals surface area contributed by atoms with Crippen LogP contribution >= 0.6 is 0 Å². The maximum Gasteiger partial charge on any atom is 0.319 e. The van der Waals surface area contributed by atoms with Gasteiger partial charge in [0.15, 0.2) is 5.82 Å². The first-order valence-electron chi connectivity index (χ1n) is 18.4. The second-order valence-electron chi connectivity index (χ2n) is 15.4. The fourth-order valence-corrected chi connectivity index (χ4v) is 13.8. The Morgan fingerprint density at radius 3 is 2.31 bits per heavy atom. The summed E-state index contributed by atoms with van der Waals surface area (Å²) in [5, 5.41) is 22.8. The number of phenols is 1. The highest BCUT2D eigenvalue weighted by molar-refractivity contribution is 6.90. The number of anilines is 1. The molecule has 0 aliphatic carbocycles. The summed E-state index contributed by atoms with van der Waals surface area (Å²) < 4.78 is 39.4. The number of aromatic nitrogens is 3. The minimum Gasteiger partial charge on any atom is -0.508 e. The number of aliphatic hydroxyl groups excluding tert-OH is 1. The van der Waals surface area contributed by atoms with Gasteiger partial charge in [-0.15, -0.1) is 5.54 Å². The third kappa shape index (κ3) is 6.90. The molecular formula is C40H51F2N5O3Si. The van der Waals surface area contributed by atoms with Crippen molar-refractivity contribution in [2.24, 2.45) is 0 Å². The van der Waals surface area contributed by atoms with Crippen LogP contribution in [0.25, 0.3) is 32.9 Å². The Morgan fingerprint density at radius 1 is 0.961 bits per heavy atom. The zero-order chi connectivity index (χ0) is 36.8. The number of phenolic OH excluding ortho intramolecular Hbond substituents is 1. The summed E-state index contributed by atoms with van der Waals surface area (Å²) in [7, 11) is -0.207. The van der Waals surface area contributed by atoms with Crippen LogP contribution in [0.4, 0.5) is 14.6 Å². The van der Waals surface area contributed by atoms with E-state index in [0.717, 1.165) is 25.8 Å². The van der Waals surface area contributed by atoms with Gasteiger partial charge in [-0.05, 0) is 86.4 Å². The number of aromatic hydroxyl groups is 1. The Kier molecular flexibility index (Phi) is 10.6. The Hall–Kier alpha value is -3.85. The molecule has 0 radical (unpaired) electrons. The lowest BCUT2D eigenvalue weighted by Gasteiger charge is -2.38. The number of nitrogens with zero attached hydrogens (tertiary/aromatic N) is 5. The molecule has 4 heterocycles. The number of hydrogen-bond donors (Lipinski definition) is 2. The van der Waals surface area contributed by atoms with Crippen molar-refractivity contribution in [3.8, 4) is 34.5 Å². The molecule has 0 bridgehead atoms. The van der Waals surface area contributed by atoms with Crippen LogP contribution in [0.15, 0.2) is 24.3 Å². The summed E-state index contributed by atoms with van der Waals surface area (Å²) in [5.74, 6) is 2.39. The molecule has 2 atom stereocenters. The summed E-state index contributed by atoms with van der Waals surface area (Å²) in [5.41, 5.74) is 5.41. The second-order valence-corrected chi connectivity index (χ2v) is 21.0. The molecule has 2 fully saturated rings. The number of likely N-dealkylation sites (N-methyl/N-ethyl adjacent to an activating group) is 1. The van der Waals surface area contributed by atoms with Gasteiger partial charge in [0.25, 0.3) is 0 Å². The molecule has 2 aliphatic rings. The van der Waals surface area contributed by atoms with Crippen LogP contribution in [0.5, 0.6) is 11.8 Å². The van der Waals surface area contributed by atoms with E-state index in [4.69, 9.17) is 14.7 Å². The zero-order valence-corrected chi connectivity index (χ0v) is 32.1. The molecule has 4 aromatic rings. The predicted molar refractivity (Wildman–Crippen MR) is 203 cm³/mol. The smallest absolute Gasteiger partial charge is 0.319 e. The number of halogens is 2. The molecule has 51 heavy (non-hydrogen) atoms. The number of rotatable bonds is 8. The number of hydrogen-bond acceptors (Lipinski definition) is 8. The van der Waals surface area contributed by atoms with Crippen LogP contribution in [-0.4, -0.2) is 83.6 Å². The number of likely N-dealkylation sites (tertiary alicyclic amines) is 1. The third-order valence-electron chi connectivity index (χ3n) is 11.3. The predicted octanol–water partition coefficient (Wildman–Crippen LogP) is 8.14. The standard InChI is InChI=1S/C40H51F2N5O3Si/c1-23(2)51(24(3)4,25(5)6)18-15-31-33(41)14-13-27-19-30(49)20-32(35(27)31)37-36(42)38-34(26(7)43-37)39(47-17-10-12-29(48)21-47)45-40(44-38)50-22-28-11-9-16-46(28)8/h13-14,19-20,23-25,28-29,48-49H,9-12,16-17,21-22H2,1-8H3/t28-,29+/m0/s1. The van der Waals surface area contributed by atoms with Crippen LogP contribution in [-0.2, 0) is 0 Å². The van der Waals surface area contributed by atoms with Crippen molar-refractivity contribution in [1.29, 1.82) is 0 Å². The highest BCUT2D eigenvalue weighted by Crippen LogP contribution is 2.43. The molecule has 8 nitrogen and oxygen atoms in total. The van der Waals surface area contributed by atoms with Gasteiger partial charge in [0.05, 0.1) is 22.7 Å². The van der Waals surface area contributed by atoms with E-state index >= 15 is 8.78 Å². The minimum atomic E-state index is -2.26. The van der Waals surface area contributed by atoms with Crippen LogP contribution in [0, 0.1) is 30.0 Å². The summed E-state index contributed by atoms with van der Waals surface area (Å²) in [6, 6.07) is 6.15. The lowest BCUT2D eigenvalue weighted by Crippen LogP contribution is -2.43. The lowest BCUT2D eigenvalue weighted by molar-refractivity contribution is 0.153. The van der Waals surface area contributed by atoms with Gasteiger partial charge in [-0.3, -0.25) is 0 Å². The number of piperidine rings is 1. The van der Waals surface area contributed by atoms with E-state index in [2.05, 4.69) is 69.9 Å². The molecule has 11 heteroatoms. The molecule has 272 valence electrons. The zero-order valence-electron chi connectivity index (χ0n) is 31.1. The first-order valence-corrected chi connectivity index (χ1v) is 20.6. The Balaban J connectivity index is 1.59. The molecule has 0 unspecified atom stereocenters. The van der Waals surface area contributed by atoms with E-state index in [-0.39, 0.29) is 40.1 Å². The molecule has 0 amide bonds. The van der Waals surface area contributed by atoms with Gasteiger partial charge >= 0.3 is 6.01 Å². The molecule has 2 aromatic heterocycles. The Bertz CT molecular complexity index is 1990. The van der Waals surface area contributed by atoms with Gasteiger partial charge in [-0.1, -0.05) is 53.5 Å². The number of benzene rings is 2. The number of pyridine rings is 1. The van der Waals surface area contributed by atoms with Crippen molar-refractivity contribution < 1.29 is 23.7 Å². The van der Waals surface area contributed by atoms with Crippen molar-refractivity contribution in [3.05, 3.63) is 47.2 Å². The maximum atomic E-state index is 17.2. The van der Waals surface area contributed by atoms with Crippen LogP contribution in [0.1, 0.15) is 78.5 Å². The van der Waals surface area contributed by atoms with Gasteiger partial charge in [0.1, 0.15) is 43.3 Å². The summed E-state index contributed by atoms with van der Waals surface area (Å²) in [6.07, 6.45) is 2.94. The fourth-order valence-electron chi connectivity index (χ4n) is 8.62. The normalized spacial score (nSPS) is 18.7. The van der Waals surface area contributed by atoms with Crippen LogP contribution < -0.4 is 9.64 Å². The van der Waals surface area contributed by atoms with Crippen LogP contribution in [0.3, 0.4) is 0 Å². The molecule has 2 aromatic carbocycles. The van der Waals surface area contributed by atoms with E-state index < -0.39 is 25.8 Å². The van der Waals surface area contributed by atoms with Gasteiger partial charge in [-0.2, -0.15) is 9.97 Å². The topological polar surface area (TPSA) is 94.8 Å². The number of fused-ring (bicyclic) bond motifs is 2. The minimum absolute atomic E-state index is 0.0173. The SMILES string of the molecule is Cc1nc(-c2cc(O)cc3ccc(F)c(C#C[Si](C(C)C)(C(C)C)C(C)C)c23)c(F)c2nc(OC[C@@H]3CCCN3C)nc(N3CCC[C@@H](O)C3)c12. The van der Waals surface area contributed by atoms with Crippen molar-refractivity contribution in [3.63, 3.8) is 0 Å². The van der Waals surface area contributed by atoms with Crippen LogP contribution in [0.2, 0.25) is 16.6 Å². The van der Waals surface area contributed by atoms with E-state index in [1.807, 2.05) is 4.90 Å². The number of aryl methyl sites for hydroxylation is 1. The molecule has 2 aliphatic heterocycles. The van der Waals surface area contributed by atoms with Crippen molar-refractivity contribution in [2.45, 2.75) is 103 Å². The maximum absolute atomic E-state index is 17.2. The second kappa shape index (κ2) is 14.6. The fraction of sp³-hybridized carbons (Fsp3) is 0.525.